The summed E-state index contributed by atoms with van der Waals surface area (Å²) in [6.45, 7) is -2.33. The fourth-order valence-electron chi connectivity index (χ4n) is 2.02. The lowest BCUT2D eigenvalue weighted by Gasteiger charge is -2.17. The molecular weight excluding hydrogens is 559 g/mol. The van der Waals surface area contributed by atoms with Crippen LogP contribution in [-0.4, -0.2) is 44.0 Å². The van der Waals surface area contributed by atoms with Crippen molar-refractivity contribution in [3.8, 4) is 11.8 Å². The summed E-state index contributed by atoms with van der Waals surface area (Å²) in [5, 5.41) is 0. The Bertz CT molecular complexity index is 978. The Hall–Kier alpha value is -2.04. The molecule has 7 nitrogen and oxygen atoms in total. The van der Waals surface area contributed by atoms with Crippen LogP contribution in [0.25, 0.3) is 0 Å². The predicted octanol–water partition coefficient (Wildman–Crippen LogP) is 4.07. The third-order valence-corrected chi connectivity index (χ3v) is 5.23. The molecule has 0 bridgehead atoms. The fraction of sp³-hybridized carbons (Fsp3) is 0.333. The van der Waals surface area contributed by atoms with Gasteiger partial charge in [0, 0.05) is 3.57 Å². The number of alkyl halides is 6. The molecule has 0 spiro atoms. The van der Waals surface area contributed by atoms with Crippen molar-refractivity contribution in [3.05, 3.63) is 33.7 Å². The lowest BCUT2D eigenvalue weighted by molar-refractivity contribution is -0.155. The fourth-order valence-corrected chi connectivity index (χ4v) is 3.97. The molecule has 1 heterocycles. The SMILES string of the molecule is Cc1cc(I)ccc1NS(=O)(=O)c1c(OCC(F)(F)F)ncnc1OCC(F)(F)F. The monoisotopic (exact) mass is 571 g/mol. The van der Waals surface area contributed by atoms with E-state index in [9.17, 15) is 34.8 Å². The van der Waals surface area contributed by atoms with Crippen LogP contribution in [0.1, 0.15) is 5.56 Å². The second-order valence-corrected chi connectivity index (χ2v) is 8.55. The van der Waals surface area contributed by atoms with E-state index >= 15 is 0 Å². The van der Waals surface area contributed by atoms with E-state index in [4.69, 9.17) is 0 Å². The molecule has 0 radical (unpaired) electrons. The number of benzene rings is 1. The van der Waals surface area contributed by atoms with Crippen LogP contribution in [-0.2, 0) is 10.0 Å². The maximum absolute atomic E-state index is 12.8. The first kappa shape index (κ1) is 24.2. The zero-order valence-corrected chi connectivity index (χ0v) is 17.8. The van der Waals surface area contributed by atoms with E-state index in [0.29, 0.717) is 11.9 Å². The van der Waals surface area contributed by atoms with Gasteiger partial charge in [0.15, 0.2) is 13.2 Å². The van der Waals surface area contributed by atoms with Crippen molar-refractivity contribution in [1.29, 1.82) is 0 Å². The second-order valence-electron chi connectivity index (χ2n) is 5.69. The number of rotatable bonds is 7. The van der Waals surface area contributed by atoms with E-state index in [0.717, 1.165) is 3.57 Å². The highest BCUT2D eigenvalue weighted by atomic mass is 127. The van der Waals surface area contributed by atoms with Crippen LogP contribution in [0.15, 0.2) is 29.4 Å². The second kappa shape index (κ2) is 8.99. The Morgan fingerprint density at radius 1 is 1.00 bits per heavy atom. The normalized spacial score (nSPS) is 12.5. The lowest BCUT2D eigenvalue weighted by atomic mass is 10.2. The Labute approximate surface area is 180 Å². The number of anilines is 1. The summed E-state index contributed by atoms with van der Waals surface area (Å²) in [4.78, 5) is 5.43. The lowest BCUT2D eigenvalue weighted by Crippen LogP contribution is -2.24. The van der Waals surface area contributed by atoms with Crippen LogP contribution in [0.4, 0.5) is 32.0 Å². The van der Waals surface area contributed by atoms with Gasteiger partial charge in [-0.2, -0.15) is 26.3 Å². The average Bonchev–Trinajstić information content (AvgIpc) is 2.59. The first-order valence-electron chi connectivity index (χ1n) is 7.71. The van der Waals surface area contributed by atoms with Crippen molar-refractivity contribution >= 4 is 38.3 Å². The van der Waals surface area contributed by atoms with Gasteiger partial charge in [0.05, 0.1) is 5.69 Å². The van der Waals surface area contributed by atoms with Crippen LogP contribution < -0.4 is 14.2 Å². The molecule has 0 amide bonds. The molecule has 0 aliphatic carbocycles. The van der Waals surface area contributed by atoms with Crippen LogP contribution in [0.2, 0.25) is 0 Å². The smallest absolute Gasteiger partial charge is 0.422 e. The maximum atomic E-state index is 12.8. The molecule has 166 valence electrons. The molecule has 0 aliphatic rings. The minimum Gasteiger partial charge on any atom is -0.467 e. The summed E-state index contributed by atoms with van der Waals surface area (Å²) in [6.07, 6.45) is -9.20. The molecule has 0 unspecified atom stereocenters. The summed E-state index contributed by atoms with van der Waals surface area (Å²) in [6, 6.07) is 4.50. The molecular formula is C15H12F6IN3O4S. The third kappa shape index (κ3) is 7.03. The van der Waals surface area contributed by atoms with Gasteiger partial charge in [0.25, 0.3) is 10.0 Å². The summed E-state index contributed by atoms with van der Waals surface area (Å²) >= 11 is 1.97. The standard InChI is InChI=1S/C15H12F6IN3O4S/c1-8-4-9(22)2-3-10(8)25-30(26,27)11-12(28-5-14(16,17)18)23-7-24-13(11)29-6-15(19,20)21/h2-4,7,25H,5-6H2,1H3. The highest BCUT2D eigenvalue weighted by Gasteiger charge is 2.35. The number of nitrogens with zero attached hydrogens (tertiary/aromatic N) is 2. The summed E-state index contributed by atoms with van der Waals surface area (Å²) in [7, 11) is -4.81. The zero-order chi connectivity index (χ0) is 22.7. The summed E-state index contributed by atoms with van der Waals surface area (Å²) in [5.41, 5.74) is 0.473. The van der Waals surface area contributed by atoms with Gasteiger partial charge in [-0.05, 0) is 53.3 Å². The van der Waals surface area contributed by atoms with E-state index in [1.54, 1.807) is 13.0 Å². The molecule has 1 N–H and O–H groups in total. The Balaban J connectivity index is 2.51. The van der Waals surface area contributed by atoms with E-state index in [-0.39, 0.29) is 5.69 Å². The first-order chi connectivity index (χ1) is 13.7. The first-order valence-corrected chi connectivity index (χ1v) is 10.3. The Morgan fingerprint density at radius 3 is 1.93 bits per heavy atom. The van der Waals surface area contributed by atoms with Crippen LogP contribution >= 0.6 is 22.6 Å². The van der Waals surface area contributed by atoms with Gasteiger partial charge in [0.2, 0.25) is 16.7 Å². The molecule has 1 aromatic carbocycles. The van der Waals surface area contributed by atoms with Gasteiger partial charge in [-0.15, -0.1) is 0 Å². The Kier molecular flexibility index (Phi) is 7.26. The molecule has 0 saturated heterocycles. The average molecular weight is 571 g/mol. The van der Waals surface area contributed by atoms with Crippen molar-refractivity contribution in [1.82, 2.24) is 9.97 Å². The third-order valence-electron chi connectivity index (χ3n) is 3.19. The molecule has 30 heavy (non-hydrogen) atoms. The topological polar surface area (TPSA) is 90.4 Å². The number of ether oxygens (including phenoxy) is 2. The van der Waals surface area contributed by atoms with Crippen molar-refractivity contribution in [2.24, 2.45) is 0 Å². The highest BCUT2D eigenvalue weighted by molar-refractivity contribution is 14.1. The number of sulfonamides is 1. The van der Waals surface area contributed by atoms with Crippen LogP contribution in [0, 0.1) is 10.5 Å². The zero-order valence-electron chi connectivity index (χ0n) is 14.8. The number of halogens is 7. The number of nitrogens with one attached hydrogen (secondary N) is 1. The van der Waals surface area contributed by atoms with Gasteiger partial charge < -0.3 is 9.47 Å². The molecule has 1 aromatic heterocycles. The number of aryl methyl sites for hydroxylation is 1. The predicted molar refractivity (Wildman–Crippen MR) is 99.8 cm³/mol. The quantitative estimate of drug-likeness (QED) is 0.398. The molecule has 0 atom stereocenters. The molecule has 0 fully saturated rings. The van der Waals surface area contributed by atoms with Gasteiger partial charge in [-0.25, -0.2) is 18.4 Å². The van der Waals surface area contributed by atoms with Gasteiger partial charge in [0.1, 0.15) is 6.33 Å². The van der Waals surface area contributed by atoms with Gasteiger partial charge in [-0.1, -0.05) is 0 Å². The van der Waals surface area contributed by atoms with Crippen molar-refractivity contribution in [2.75, 3.05) is 17.9 Å². The molecule has 15 heteroatoms. The summed E-state index contributed by atoms with van der Waals surface area (Å²) in [5.74, 6) is -2.23. The van der Waals surface area contributed by atoms with Crippen molar-refractivity contribution in [3.63, 3.8) is 0 Å². The van der Waals surface area contributed by atoms with Crippen LogP contribution in [0.5, 0.6) is 11.8 Å². The van der Waals surface area contributed by atoms with E-state index in [1.165, 1.54) is 12.1 Å². The number of hydrogen-bond acceptors (Lipinski definition) is 6. The molecule has 0 saturated carbocycles. The van der Waals surface area contributed by atoms with E-state index in [2.05, 4.69) is 24.2 Å². The summed E-state index contributed by atoms with van der Waals surface area (Å²) < 4.78 is 112. The van der Waals surface area contributed by atoms with Crippen LogP contribution in [0.3, 0.4) is 0 Å². The van der Waals surface area contributed by atoms with Crippen molar-refractivity contribution < 1.29 is 44.2 Å². The van der Waals surface area contributed by atoms with E-state index in [1.807, 2.05) is 22.6 Å². The molecule has 0 aliphatic heterocycles. The Morgan fingerprint density at radius 2 is 1.50 bits per heavy atom. The minimum atomic E-state index is -4.86. The maximum Gasteiger partial charge on any atom is 0.422 e. The van der Waals surface area contributed by atoms with Crippen molar-refractivity contribution in [2.45, 2.75) is 24.2 Å². The minimum absolute atomic E-state index is 0.0304. The number of hydrogen-bond donors (Lipinski definition) is 1. The molecule has 2 aromatic rings. The highest BCUT2D eigenvalue weighted by Crippen LogP contribution is 2.33. The molecule has 2 rings (SSSR count). The van der Waals surface area contributed by atoms with Gasteiger partial charge >= 0.3 is 12.4 Å². The van der Waals surface area contributed by atoms with E-state index < -0.39 is 52.2 Å². The van der Waals surface area contributed by atoms with Gasteiger partial charge in [-0.3, -0.25) is 4.72 Å². The number of aromatic nitrogens is 2. The largest absolute Gasteiger partial charge is 0.467 e.